The molecule has 0 saturated carbocycles. The van der Waals surface area contributed by atoms with Gasteiger partial charge < -0.3 is 9.32 Å². The molecular formula is C14H18N4O4S. The fourth-order valence-corrected chi connectivity index (χ4v) is 3.39. The summed E-state index contributed by atoms with van der Waals surface area (Å²) >= 11 is 0. The Labute approximate surface area is 133 Å². The van der Waals surface area contributed by atoms with Gasteiger partial charge in [-0.3, -0.25) is 9.89 Å². The van der Waals surface area contributed by atoms with Crippen LogP contribution in [-0.2, 0) is 10.0 Å². The highest BCUT2D eigenvalue weighted by Gasteiger charge is 2.28. The summed E-state index contributed by atoms with van der Waals surface area (Å²) in [6, 6.07) is 4.59. The lowest BCUT2D eigenvalue weighted by molar-refractivity contribution is 0.0668. The first-order valence-electron chi connectivity index (χ1n) is 7.33. The average molecular weight is 338 g/mol. The minimum Gasteiger partial charge on any atom is -0.438 e. The van der Waals surface area contributed by atoms with Gasteiger partial charge >= 0.3 is 0 Å². The SMILES string of the molecule is CNS(=O)(=O)c1ccc(C(=O)N2CCCC(c3ccn[nH]3)C2)o1. The van der Waals surface area contributed by atoms with E-state index in [1.54, 1.807) is 11.1 Å². The summed E-state index contributed by atoms with van der Waals surface area (Å²) in [5.74, 6) is -0.0680. The van der Waals surface area contributed by atoms with Crippen LogP contribution in [0, 0.1) is 0 Å². The zero-order valence-corrected chi connectivity index (χ0v) is 13.5. The fourth-order valence-electron chi connectivity index (χ4n) is 2.75. The lowest BCUT2D eigenvalue weighted by Gasteiger charge is -2.31. The number of carbonyl (C=O) groups excluding carboxylic acids is 1. The number of carbonyl (C=O) groups is 1. The molecule has 23 heavy (non-hydrogen) atoms. The Morgan fingerprint density at radius 3 is 2.96 bits per heavy atom. The topological polar surface area (TPSA) is 108 Å². The van der Waals surface area contributed by atoms with E-state index in [1.807, 2.05) is 6.07 Å². The number of likely N-dealkylation sites (tertiary alicyclic amines) is 1. The number of aromatic nitrogens is 2. The second-order valence-corrected chi connectivity index (χ2v) is 7.25. The van der Waals surface area contributed by atoms with E-state index in [0.29, 0.717) is 13.1 Å². The highest BCUT2D eigenvalue weighted by molar-refractivity contribution is 7.89. The summed E-state index contributed by atoms with van der Waals surface area (Å²) in [5, 5.41) is 6.62. The van der Waals surface area contributed by atoms with Crippen LogP contribution in [-0.4, -0.2) is 49.6 Å². The van der Waals surface area contributed by atoms with E-state index in [-0.39, 0.29) is 22.7 Å². The van der Waals surface area contributed by atoms with E-state index < -0.39 is 10.0 Å². The van der Waals surface area contributed by atoms with Gasteiger partial charge in [-0.15, -0.1) is 0 Å². The van der Waals surface area contributed by atoms with E-state index in [2.05, 4.69) is 14.9 Å². The number of amides is 1. The molecule has 3 heterocycles. The molecule has 1 aliphatic rings. The lowest BCUT2D eigenvalue weighted by Crippen LogP contribution is -2.39. The summed E-state index contributed by atoms with van der Waals surface area (Å²) in [6.45, 7) is 1.17. The molecule has 0 bridgehead atoms. The van der Waals surface area contributed by atoms with Gasteiger partial charge in [-0.2, -0.15) is 5.10 Å². The van der Waals surface area contributed by atoms with Crippen molar-refractivity contribution in [2.45, 2.75) is 23.9 Å². The van der Waals surface area contributed by atoms with Gasteiger partial charge in [0.05, 0.1) is 0 Å². The maximum atomic E-state index is 12.5. The number of sulfonamides is 1. The molecule has 1 amide bonds. The first-order chi connectivity index (χ1) is 11.0. The third-order valence-electron chi connectivity index (χ3n) is 4.00. The number of nitrogens with one attached hydrogen (secondary N) is 2. The summed E-state index contributed by atoms with van der Waals surface area (Å²) in [7, 11) is -2.40. The van der Waals surface area contributed by atoms with Crippen LogP contribution in [0.5, 0.6) is 0 Å². The molecule has 0 aliphatic carbocycles. The number of aromatic amines is 1. The molecule has 3 rings (SSSR count). The molecule has 1 saturated heterocycles. The molecule has 1 fully saturated rings. The summed E-state index contributed by atoms with van der Waals surface area (Å²) in [4.78, 5) is 14.2. The highest BCUT2D eigenvalue weighted by atomic mass is 32.2. The average Bonchev–Trinajstić information content (AvgIpc) is 3.26. The molecule has 2 aromatic heterocycles. The number of furan rings is 1. The van der Waals surface area contributed by atoms with Crippen LogP contribution in [0.25, 0.3) is 0 Å². The van der Waals surface area contributed by atoms with Gasteiger partial charge in [0.2, 0.25) is 5.09 Å². The molecule has 1 aliphatic heterocycles. The predicted molar refractivity (Wildman–Crippen MR) is 81.4 cm³/mol. The third kappa shape index (κ3) is 3.15. The molecule has 8 nitrogen and oxygen atoms in total. The molecule has 1 unspecified atom stereocenters. The van der Waals surface area contributed by atoms with Crippen molar-refractivity contribution in [3.63, 3.8) is 0 Å². The van der Waals surface area contributed by atoms with Crippen molar-refractivity contribution < 1.29 is 17.6 Å². The van der Waals surface area contributed by atoms with E-state index in [0.717, 1.165) is 18.5 Å². The maximum Gasteiger partial charge on any atom is 0.289 e. The number of nitrogens with zero attached hydrogens (tertiary/aromatic N) is 2. The maximum absolute atomic E-state index is 12.5. The Balaban J connectivity index is 1.75. The van der Waals surface area contributed by atoms with Crippen LogP contribution in [0.2, 0.25) is 0 Å². The smallest absolute Gasteiger partial charge is 0.289 e. The molecule has 2 aromatic rings. The molecular weight excluding hydrogens is 320 g/mol. The molecule has 0 radical (unpaired) electrons. The van der Waals surface area contributed by atoms with Crippen molar-refractivity contribution in [1.82, 2.24) is 19.8 Å². The first kappa shape index (κ1) is 15.8. The van der Waals surface area contributed by atoms with Gasteiger partial charge in [0, 0.05) is 30.9 Å². The van der Waals surface area contributed by atoms with Crippen LogP contribution < -0.4 is 4.72 Å². The monoisotopic (exact) mass is 338 g/mol. The van der Waals surface area contributed by atoms with Gasteiger partial charge in [0.1, 0.15) is 0 Å². The Morgan fingerprint density at radius 2 is 2.26 bits per heavy atom. The van der Waals surface area contributed by atoms with Crippen LogP contribution in [0.15, 0.2) is 33.9 Å². The quantitative estimate of drug-likeness (QED) is 0.862. The summed E-state index contributed by atoms with van der Waals surface area (Å²) in [5.41, 5.74) is 1.00. The first-order valence-corrected chi connectivity index (χ1v) is 8.81. The summed E-state index contributed by atoms with van der Waals surface area (Å²) in [6.07, 6.45) is 3.54. The highest BCUT2D eigenvalue weighted by Crippen LogP contribution is 2.26. The van der Waals surface area contributed by atoms with E-state index >= 15 is 0 Å². The van der Waals surface area contributed by atoms with Crippen LogP contribution in [0.4, 0.5) is 0 Å². The van der Waals surface area contributed by atoms with Gasteiger partial charge in [-0.1, -0.05) is 0 Å². The van der Waals surface area contributed by atoms with Crippen LogP contribution in [0.3, 0.4) is 0 Å². The Kier molecular flexibility index (Phi) is 4.22. The number of piperidine rings is 1. The summed E-state index contributed by atoms with van der Waals surface area (Å²) < 4.78 is 30.7. The van der Waals surface area contributed by atoms with Crippen molar-refractivity contribution in [3.8, 4) is 0 Å². The zero-order chi connectivity index (χ0) is 16.4. The number of hydrogen-bond donors (Lipinski definition) is 2. The molecule has 9 heteroatoms. The fraction of sp³-hybridized carbons (Fsp3) is 0.429. The molecule has 0 aromatic carbocycles. The Morgan fingerprint density at radius 1 is 1.43 bits per heavy atom. The lowest BCUT2D eigenvalue weighted by atomic mass is 9.95. The normalized spacial score (nSPS) is 19.0. The Bertz CT molecular complexity index is 782. The van der Waals surface area contributed by atoms with Crippen molar-refractivity contribution in [3.05, 3.63) is 35.9 Å². The van der Waals surface area contributed by atoms with Crippen LogP contribution in [0.1, 0.15) is 35.0 Å². The predicted octanol–water partition coefficient (Wildman–Crippen LogP) is 0.931. The van der Waals surface area contributed by atoms with Crippen molar-refractivity contribution >= 4 is 15.9 Å². The van der Waals surface area contributed by atoms with E-state index in [4.69, 9.17) is 4.42 Å². The minimum absolute atomic E-state index is 0.0316. The molecule has 1 atom stereocenters. The van der Waals surface area contributed by atoms with Gasteiger partial charge in [0.15, 0.2) is 5.76 Å². The zero-order valence-electron chi connectivity index (χ0n) is 12.7. The minimum atomic E-state index is -3.69. The third-order valence-corrected chi connectivity index (χ3v) is 5.28. The molecule has 124 valence electrons. The van der Waals surface area contributed by atoms with E-state index in [9.17, 15) is 13.2 Å². The number of H-pyrrole nitrogens is 1. The molecule has 2 N–H and O–H groups in total. The van der Waals surface area contributed by atoms with Gasteiger partial charge in [0.25, 0.3) is 15.9 Å². The van der Waals surface area contributed by atoms with Gasteiger partial charge in [-0.25, -0.2) is 13.1 Å². The second-order valence-electron chi connectivity index (χ2n) is 5.43. The number of rotatable bonds is 4. The largest absolute Gasteiger partial charge is 0.438 e. The van der Waals surface area contributed by atoms with Crippen molar-refractivity contribution in [1.29, 1.82) is 0 Å². The molecule has 0 spiro atoms. The van der Waals surface area contributed by atoms with Crippen molar-refractivity contribution in [2.75, 3.05) is 20.1 Å². The van der Waals surface area contributed by atoms with Gasteiger partial charge in [-0.05, 0) is 38.1 Å². The standard InChI is InChI=1S/C14H18N4O4S/c1-15-23(20,21)13-5-4-12(22-13)14(19)18-8-2-3-10(9-18)11-6-7-16-17-11/h4-7,10,15H,2-3,8-9H2,1H3,(H,16,17). The van der Waals surface area contributed by atoms with Crippen LogP contribution >= 0.6 is 0 Å². The van der Waals surface area contributed by atoms with Crippen molar-refractivity contribution in [2.24, 2.45) is 0 Å². The van der Waals surface area contributed by atoms with E-state index in [1.165, 1.54) is 19.2 Å². The second kappa shape index (κ2) is 6.17. The number of hydrogen-bond acceptors (Lipinski definition) is 5. The Hall–Kier alpha value is -2.13.